The number of carbonyl (C=O) groups is 1. The van der Waals surface area contributed by atoms with E-state index in [9.17, 15) is 4.79 Å². The second-order valence-electron chi connectivity index (χ2n) is 3.48. The number of ether oxygens (including phenoxy) is 1. The van der Waals surface area contributed by atoms with Gasteiger partial charge in [-0.25, -0.2) is 14.5 Å². The molecule has 7 heteroatoms. The average Bonchev–Trinajstić information content (AvgIpc) is 2.72. The molecule has 0 radical (unpaired) electrons. The van der Waals surface area contributed by atoms with Gasteiger partial charge in [0.05, 0.1) is 12.3 Å². The van der Waals surface area contributed by atoms with E-state index in [1.807, 2.05) is 0 Å². The molecule has 0 aromatic carbocycles. The lowest BCUT2D eigenvalue weighted by Gasteiger charge is -1.99. The zero-order chi connectivity index (χ0) is 13.1. The molecule has 2 heterocycles. The Morgan fingerprint density at radius 2 is 2.33 bits per heavy atom. The maximum atomic E-state index is 11.6. The van der Waals surface area contributed by atoms with E-state index in [0.29, 0.717) is 23.7 Å². The van der Waals surface area contributed by atoms with Crippen LogP contribution >= 0.6 is 11.6 Å². The fourth-order valence-corrected chi connectivity index (χ4v) is 1.58. The topological polar surface area (TPSA) is 69.9 Å². The number of hydrogen-bond donors (Lipinski definition) is 0. The average molecular weight is 267 g/mol. The molecular formula is C11H11ClN4O2. The molecule has 0 N–H and O–H groups in total. The highest BCUT2D eigenvalue weighted by molar-refractivity contribution is 6.28. The van der Waals surface area contributed by atoms with Crippen LogP contribution < -0.4 is 0 Å². The van der Waals surface area contributed by atoms with Crippen molar-refractivity contribution < 1.29 is 9.53 Å². The van der Waals surface area contributed by atoms with Crippen molar-refractivity contribution in [2.24, 2.45) is 0 Å². The van der Waals surface area contributed by atoms with Gasteiger partial charge in [0, 0.05) is 18.5 Å². The van der Waals surface area contributed by atoms with Crippen LogP contribution in [-0.4, -0.2) is 32.3 Å². The first-order valence-electron chi connectivity index (χ1n) is 5.34. The van der Waals surface area contributed by atoms with Crippen LogP contribution in [0.25, 0.3) is 5.82 Å². The molecule has 0 fully saturated rings. The molecule has 0 amide bonds. The van der Waals surface area contributed by atoms with Gasteiger partial charge in [0.2, 0.25) is 5.28 Å². The first kappa shape index (κ1) is 12.5. The molecule has 0 spiro atoms. The monoisotopic (exact) mass is 266 g/mol. The zero-order valence-corrected chi connectivity index (χ0v) is 10.7. The van der Waals surface area contributed by atoms with Gasteiger partial charge in [-0.05, 0) is 25.4 Å². The van der Waals surface area contributed by atoms with Crippen LogP contribution in [0.3, 0.4) is 0 Å². The third kappa shape index (κ3) is 2.48. The predicted octanol–water partition coefficient (Wildman–Crippen LogP) is 1.80. The Hall–Kier alpha value is -1.95. The van der Waals surface area contributed by atoms with Gasteiger partial charge < -0.3 is 4.74 Å². The van der Waals surface area contributed by atoms with Crippen molar-refractivity contribution >= 4 is 17.6 Å². The number of nitrogens with zero attached hydrogens (tertiary/aromatic N) is 4. The molecule has 0 bridgehead atoms. The van der Waals surface area contributed by atoms with Gasteiger partial charge in [-0.2, -0.15) is 10.1 Å². The van der Waals surface area contributed by atoms with Crippen LogP contribution in [0.2, 0.25) is 5.28 Å². The Morgan fingerprint density at radius 1 is 1.56 bits per heavy atom. The van der Waals surface area contributed by atoms with E-state index in [4.69, 9.17) is 16.3 Å². The number of esters is 1. The lowest BCUT2D eigenvalue weighted by atomic mass is 10.3. The number of halogens is 1. The summed E-state index contributed by atoms with van der Waals surface area (Å²) in [6, 6.07) is 1.65. The predicted molar refractivity (Wildman–Crippen MR) is 64.9 cm³/mol. The first-order valence-corrected chi connectivity index (χ1v) is 5.72. The van der Waals surface area contributed by atoms with Gasteiger partial charge in [-0.3, -0.25) is 0 Å². The standard InChI is InChI=1S/C11H11ClN4O2/c1-3-18-10(17)8-6-16(15-7(8)2)9-4-5-13-11(12)14-9/h4-6H,3H2,1-2H3. The fourth-order valence-electron chi connectivity index (χ4n) is 1.44. The summed E-state index contributed by atoms with van der Waals surface area (Å²) in [5, 5.41) is 4.32. The van der Waals surface area contributed by atoms with Crippen LogP contribution in [0.15, 0.2) is 18.5 Å². The molecule has 2 aromatic rings. The second-order valence-corrected chi connectivity index (χ2v) is 3.82. The van der Waals surface area contributed by atoms with Crippen molar-refractivity contribution in [2.45, 2.75) is 13.8 Å². The molecule has 0 saturated heterocycles. The molecule has 2 aromatic heterocycles. The first-order chi connectivity index (χ1) is 8.61. The van der Waals surface area contributed by atoms with E-state index < -0.39 is 5.97 Å². The lowest BCUT2D eigenvalue weighted by Crippen LogP contribution is -2.04. The van der Waals surface area contributed by atoms with E-state index in [-0.39, 0.29) is 5.28 Å². The highest BCUT2D eigenvalue weighted by Gasteiger charge is 2.15. The van der Waals surface area contributed by atoms with E-state index in [2.05, 4.69) is 15.1 Å². The molecule has 2 rings (SSSR count). The summed E-state index contributed by atoms with van der Waals surface area (Å²) >= 11 is 5.70. The van der Waals surface area contributed by atoms with Gasteiger partial charge in [-0.1, -0.05) is 0 Å². The van der Waals surface area contributed by atoms with E-state index in [1.165, 1.54) is 10.9 Å². The summed E-state index contributed by atoms with van der Waals surface area (Å²) in [5.41, 5.74) is 0.981. The van der Waals surface area contributed by atoms with Crippen LogP contribution in [0.4, 0.5) is 0 Å². The van der Waals surface area contributed by atoms with Gasteiger partial charge in [0.1, 0.15) is 5.56 Å². The summed E-state index contributed by atoms with van der Waals surface area (Å²) < 4.78 is 6.40. The Balaban J connectivity index is 2.37. The van der Waals surface area contributed by atoms with E-state index >= 15 is 0 Å². The Morgan fingerprint density at radius 3 is 3.00 bits per heavy atom. The van der Waals surface area contributed by atoms with Crippen LogP contribution in [0.5, 0.6) is 0 Å². The van der Waals surface area contributed by atoms with E-state index in [0.717, 1.165) is 0 Å². The summed E-state index contributed by atoms with van der Waals surface area (Å²) in [5.74, 6) is 0.0926. The number of hydrogen-bond acceptors (Lipinski definition) is 5. The van der Waals surface area contributed by atoms with Crippen molar-refractivity contribution in [3.05, 3.63) is 35.0 Å². The van der Waals surface area contributed by atoms with E-state index in [1.54, 1.807) is 26.1 Å². The molecule has 6 nitrogen and oxygen atoms in total. The molecule has 0 aliphatic heterocycles. The minimum Gasteiger partial charge on any atom is -0.462 e. The van der Waals surface area contributed by atoms with Crippen molar-refractivity contribution in [1.82, 2.24) is 19.7 Å². The number of carbonyl (C=O) groups excluding carboxylic acids is 1. The van der Waals surface area contributed by atoms with Crippen molar-refractivity contribution in [2.75, 3.05) is 6.61 Å². The maximum absolute atomic E-state index is 11.6. The molecule has 18 heavy (non-hydrogen) atoms. The minimum absolute atomic E-state index is 0.123. The van der Waals surface area contributed by atoms with Gasteiger partial charge in [-0.15, -0.1) is 0 Å². The van der Waals surface area contributed by atoms with Gasteiger partial charge in [0.25, 0.3) is 0 Å². The van der Waals surface area contributed by atoms with Crippen LogP contribution in [0, 0.1) is 6.92 Å². The SMILES string of the molecule is CCOC(=O)c1cn(-c2ccnc(Cl)n2)nc1C. The lowest BCUT2D eigenvalue weighted by molar-refractivity contribution is 0.0525. The molecule has 0 unspecified atom stereocenters. The minimum atomic E-state index is -0.401. The number of rotatable bonds is 3. The molecule has 0 aliphatic carbocycles. The summed E-state index contributed by atoms with van der Waals surface area (Å²) in [6.07, 6.45) is 3.08. The normalized spacial score (nSPS) is 10.4. The molecule has 94 valence electrons. The van der Waals surface area contributed by atoms with Gasteiger partial charge in [0.15, 0.2) is 5.82 Å². The third-order valence-corrected chi connectivity index (χ3v) is 2.42. The Labute approximate surface area is 109 Å². The van der Waals surface area contributed by atoms with Gasteiger partial charge >= 0.3 is 5.97 Å². The Kier molecular flexibility index (Phi) is 3.57. The Bertz CT molecular complexity index is 582. The van der Waals surface area contributed by atoms with Crippen molar-refractivity contribution in [3.8, 4) is 5.82 Å². The van der Waals surface area contributed by atoms with Crippen LogP contribution in [0.1, 0.15) is 23.0 Å². The fraction of sp³-hybridized carbons (Fsp3) is 0.273. The molecular weight excluding hydrogens is 256 g/mol. The highest BCUT2D eigenvalue weighted by atomic mass is 35.5. The molecule has 0 saturated carbocycles. The van der Waals surface area contributed by atoms with Crippen molar-refractivity contribution in [3.63, 3.8) is 0 Å². The quantitative estimate of drug-likeness (QED) is 0.626. The third-order valence-electron chi connectivity index (χ3n) is 2.24. The molecule has 0 aliphatic rings. The zero-order valence-electron chi connectivity index (χ0n) is 9.92. The summed E-state index contributed by atoms with van der Waals surface area (Å²) in [6.45, 7) is 3.80. The highest BCUT2D eigenvalue weighted by Crippen LogP contribution is 2.12. The molecule has 0 atom stereocenters. The maximum Gasteiger partial charge on any atom is 0.341 e. The van der Waals surface area contributed by atoms with Crippen LogP contribution in [-0.2, 0) is 4.74 Å². The smallest absolute Gasteiger partial charge is 0.341 e. The van der Waals surface area contributed by atoms with Crippen molar-refractivity contribution in [1.29, 1.82) is 0 Å². The largest absolute Gasteiger partial charge is 0.462 e. The summed E-state index contributed by atoms with van der Waals surface area (Å²) in [7, 11) is 0. The second kappa shape index (κ2) is 5.14. The summed E-state index contributed by atoms with van der Waals surface area (Å²) in [4.78, 5) is 19.4. The number of aromatic nitrogens is 4. The number of aryl methyl sites for hydroxylation is 1.